The number of rotatable bonds is 24. The lowest BCUT2D eigenvalue weighted by atomic mass is 10.0. The Hall–Kier alpha value is -1.06. The van der Waals surface area contributed by atoms with Gasteiger partial charge in [-0.1, -0.05) is 136 Å². The van der Waals surface area contributed by atoms with E-state index in [0.29, 0.717) is 12.8 Å². The number of aliphatic carboxylic acids is 1. The molecule has 0 aliphatic carbocycles. The SMILES string of the molecule is CCCCCCCCCCCCCCCCCCCCCC(=O)NC(CC(C)C)C(=O)O. The lowest BCUT2D eigenvalue weighted by Gasteiger charge is -2.16. The molecular weight excluding hydrogens is 398 g/mol. The molecule has 0 saturated heterocycles. The Morgan fingerprint density at radius 3 is 1.28 bits per heavy atom. The molecule has 0 spiro atoms. The summed E-state index contributed by atoms with van der Waals surface area (Å²) in [5.41, 5.74) is 0. The van der Waals surface area contributed by atoms with Crippen LogP contribution < -0.4 is 5.32 Å². The van der Waals surface area contributed by atoms with Crippen molar-refractivity contribution in [1.29, 1.82) is 0 Å². The van der Waals surface area contributed by atoms with Crippen molar-refractivity contribution in [2.75, 3.05) is 0 Å². The first-order valence-corrected chi connectivity index (χ1v) is 14.0. The van der Waals surface area contributed by atoms with Crippen LogP contribution in [0.1, 0.15) is 156 Å². The molecule has 0 bridgehead atoms. The summed E-state index contributed by atoms with van der Waals surface area (Å²) in [5.74, 6) is -0.795. The molecule has 0 rings (SSSR count). The number of nitrogens with one attached hydrogen (secondary N) is 1. The van der Waals surface area contributed by atoms with E-state index in [1.54, 1.807) is 0 Å². The van der Waals surface area contributed by atoms with Crippen LogP contribution in [0.5, 0.6) is 0 Å². The van der Waals surface area contributed by atoms with Crippen LogP contribution >= 0.6 is 0 Å². The van der Waals surface area contributed by atoms with Gasteiger partial charge in [0.1, 0.15) is 6.04 Å². The van der Waals surface area contributed by atoms with Crippen molar-refractivity contribution in [2.45, 2.75) is 162 Å². The fraction of sp³-hybridized carbons (Fsp3) is 0.929. The number of carboxylic acid groups (broad SMARTS) is 1. The maximum absolute atomic E-state index is 11.9. The minimum atomic E-state index is -0.930. The zero-order valence-corrected chi connectivity index (χ0v) is 21.8. The van der Waals surface area contributed by atoms with Gasteiger partial charge in [0.2, 0.25) is 5.91 Å². The summed E-state index contributed by atoms with van der Waals surface area (Å²) in [6, 6.07) is -0.747. The quantitative estimate of drug-likeness (QED) is 0.144. The highest BCUT2D eigenvalue weighted by atomic mass is 16.4. The van der Waals surface area contributed by atoms with E-state index < -0.39 is 12.0 Å². The van der Waals surface area contributed by atoms with Crippen molar-refractivity contribution >= 4 is 11.9 Å². The Labute approximate surface area is 199 Å². The first-order chi connectivity index (χ1) is 15.5. The van der Waals surface area contributed by atoms with Gasteiger partial charge < -0.3 is 10.4 Å². The largest absolute Gasteiger partial charge is 0.480 e. The van der Waals surface area contributed by atoms with E-state index in [4.69, 9.17) is 0 Å². The van der Waals surface area contributed by atoms with Gasteiger partial charge in [-0.2, -0.15) is 0 Å². The van der Waals surface area contributed by atoms with Crippen LogP contribution in [0.2, 0.25) is 0 Å². The van der Waals surface area contributed by atoms with Gasteiger partial charge in [0.15, 0.2) is 0 Å². The second-order valence-electron chi connectivity index (χ2n) is 10.2. The van der Waals surface area contributed by atoms with Gasteiger partial charge in [-0.3, -0.25) is 4.79 Å². The predicted octanol–water partition coefficient (Wildman–Crippen LogP) is 8.42. The van der Waals surface area contributed by atoms with E-state index in [9.17, 15) is 14.7 Å². The Morgan fingerprint density at radius 2 is 0.969 bits per heavy atom. The molecule has 1 atom stereocenters. The molecule has 190 valence electrons. The molecule has 0 fully saturated rings. The monoisotopic (exact) mass is 453 g/mol. The van der Waals surface area contributed by atoms with Gasteiger partial charge >= 0.3 is 5.97 Å². The highest BCUT2D eigenvalue weighted by Crippen LogP contribution is 2.15. The maximum Gasteiger partial charge on any atom is 0.326 e. The number of carbonyl (C=O) groups is 2. The fourth-order valence-electron chi connectivity index (χ4n) is 4.32. The van der Waals surface area contributed by atoms with Crippen molar-refractivity contribution in [2.24, 2.45) is 5.92 Å². The molecule has 2 N–H and O–H groups in total. The Bertz CT molecular complexity index is 436. The Balaban J connectivity index is 3.32. The topological polar surface area (TPSA) is 66.4 Å². The molecule has 0 saturated carbocycles. The zero-order chi connectivity index (χ0) is 23.9. The van der Waals surface area contributed by atoms with E-state index in [1.165, 1.54) is 109 Å². The Kier molecular flexibility index (Phi) is 22.3. The van der Waals surface area contributed by atoms with Gasteiger partial charge in [0.05, 0.1) is 0 Å². The van der Waals surface area contributed by atoms with Crippen molar-refractivity contribution in [1.82, 2.24) is 5.32 Å². The van der Waals surface area contributed by atoms with Crippen molar-refractivity contribution in [3.63, 3.8) is 0 Å². The third-order valence-corrected chi connectivity index (χ3v) is 6.35. The smallest absolute Gasteiger partial charge is 0.326 e. The van der Waals surface area contributed by atoms with Crippen LogP contribution in [0.4, 0.5) is 0 Å². The molecule has 32 heavy (non-hydrogen) atoms. The minimum Gasteiger partial charge on any atom is -0.480 e. The molecule has 0 aliphatic heterocycles. The van der Waals surface area contributed by atoms with Crippen LogP contribution in [0.15, 0.2) is 0 Å². The fourth-order valence-corrected chi connectivity index (χ4v) is 4.32. The molecular formula is C28H55NO3. The average molecular weight is 454 g/mol. The first kappa shape index (κ1) is 30.9. The molecule has 1 amide bonds. The van der Waals surface area contributed by atoms with Crippen LogP contribution in [-0.4, -0.2) is 23.0 Å². The third-order valence-electron chi connectivity index (χ3n) is 6.35. The van der Waals surface area contributed by atoms with Crippen molar-refractivity contribution in [3.05, 3.63) is 0 Å². The first-order valence-electron chi connectivity index (χ1n) is 14.0. The molecule has 0 aromatic heterocycles. The van der Waals surface area contributed by atoms with Crippen molar-refractivity contribution < 1.29 is 14.7 Å². The second-order valence-corrected chi connectivity index (χ2v) is 10.2. The average Bonchev–Trinajstić information content (AvgIpc) is 2.74. The normalized spacial score (nSPS) is 12.2. The molecule has 0 aromatic rings. The molecule has 0 heterocycles. The van der Waals surface area contributed by atoms with Crippen molar-refractivity contribution in [3.8, 4) is 0 Å². The molecule has 1 unspecified atom stereocenters. The third kappa shape index (κ3) is 22.1. The minimum absolute atomic E-state index is 0.120. The van der Waals surface area contributed by atoms with E-state index in [2.05, 4.69) is 12.2 Å². The number of hydrogen-bond donors (Lipinski definition) is 2. The summed E-state index contributed by atoms with van der Waals surface area (Å²) in [6.45, 7) is 6.22. The molecule has 0 aromatic carbocycles. The van der Waals surface area contributed by atoms with Crippen LogP contribution in [0, 0.1) is 5.92 Å². The van der Waals surface area contributed by atoms with Gasteiger partial charge in [-0.15, -0.1) is 0 Å². The number of amides is 1. The summed E-state index contributed by atoms with van der Waals surface area (Å²) in [6.07, 6.45) is 26.3. The summed E-state index contributed by atoms with van der Waals surface area (Å²) in [5, 5.41) is 11.9. The van der Waals surface area contributed by atoms with E-state index in [-0.39, 0.29) is 11.8 Å². The number of unbranched alkanes of at least 4 members (excludes halogenated alkanes) is 18. The summed E-state index contributed by atoms with van der Waals surface area (Å²) >= 11 is 0. The summed E-state index contributed by atoms with van der Waals surface area (Å²) in [4.78, 5) is 23.2. The van der Waals surface area contributed by atoms with E-state index in [0.717, 1.165) is 12.8 Å². The number of hydrogen-bond acceptors (Lipinski definition) is 2. The van der Waals surface area contributed by atoms with Gasteiger partial charge in [0.25, 0.3) is 0 Å². The lowest BCUT2D eigenvalue weighted by molar-refractivity contribution is -0.142. The van der Waals surface area contributed by atoms with E-state index in [1.807, 2.05) is 13.8 Å². The number of carboxylic acids is 1. The molecule has 0 radical (unpaired) electrons. The molecule has 4 heteroatoms. The van der Waals surface area contributed by atoms with Crippen LogP contribution in [0.3, 0.4) is 0 Å². The lowest BCUT2D eigenvalue weighted by Crippen LogP contribution is -2.41. The standard InChI is InChI=1S/C28H55NO3/c1-4-5-6-7-8-9-10-11-12-13-14-15-16-17-18-19-20-21-22-23-27(30)29-26(28(31)32)24-25(2)3/h25-26H,4-24H2,1-3H3,(H,29,30)(H,31,32). The van der Waals surface area contributed by atoms with Crippen LogP contribution in [-0.2, 0) is 9.59 Å². The van der Waals surface area contributed by atoms with E-state index >= 15 is 0 Å². The second kappa shape index (κ2) is 23.1. The van der Waals surface area contributed by atoms with Gasteiger partial charge in [0, 0.05) is 6.42 Å². The maximum atomic E-state index is 11.9. The van der Waals surface area contributed by atoms with Gasteiger partial charge in [-0.05, 0) is 18.8 Å². The highest BCUT2D eigenvalue weighted by molar-refractivity contribution is 5.83. The number of carbonyl (C=O) groups excluding carboxylic acids is 1. The van der Waals surface area contributed by atoms with Gasteiger partial charge in [-0.25, -0.2) is 4.79 Å². The summed E-state index contributed by atoms with van der Waals surface area (Å²) < 4.78 is 0. The Morgan fingerprint density at radius 1 is 0.625 bits per heavy atom. The predicted molar refractivity (Wildman–Crippen MR) is 137 cm³/mol. The zero-order valence-electron chi connectivity index (χ0n) is 21.8. The summed E-state index contributed by atoms with van der Waals surface area (Å²) in [7, 11) is 0. The highest BCUT2D eigenvalue weighted by Gasteiger charge is 2.20. The molecule has 0 aliphatic rings. The molecule has 4 nitrogen and oxygen atoms in total. The van der Waals surface area contributed by atoms with Crippen LogP contribution in [0.25, 0.3) is 0 Å².